The Hall–Kier alpha value is -2.25. The van der Waals surface area contributed by atoms with E-state index in [1.54, 1.807) is 4.90 Å². The third-order valence-corrected chi connectivity index (χ3v) is 4.87. The van der Waals surface area contributed by atoms with E-state index >= 15 is 0 Å². The van der Waals surface area contributed by atoms with Gasteiger partial charge in [-0.2, -0.15) is 13.2 Å². The Morgan fingerprint density at radius 1 is 1.07 bits per heavy atom. The summed E-state index contributed by atoms with van der Waals surface area (Å²) in [5, 5.41) is 0. The lowest BCUT2D eigenvalue weighted by atomic mass is 9.89. The molecule has 2 atom stereocenters. The van der Waals surface area contributed by atoms with Crippen molar-refractivity contribution in [2.45, 2.75) is 12.1 Å². The van der Waals surface area contributed by atoms with Gasteiger partial charge in [-0.25, -0.2) is 0 Å². The van der Waals surface area contributed by atoms with Crippen molar-refractivity contribution < 1.29 is 22.7 Å². The second-order valence-corrected chi connectivity index (χ2v) is 6.59. The average Bonchev–Trinajstić information content (AvgIpc) is 3.11. The molecule has 0 aliphatic carbocycles. The standard InChI is InChI=1S/C20H21F3N2O2.ClH/c21-20(22,23)17-8-4-5-9-18(17)27-13-19(26)25-11-15(10-24)16(12-25)14-6-2-1-3-7-14;/h1-9,15-16H,10-13,24H2;1H/t15-,16+;/m1./s1. The molecule has 1 aliphatic rings. The first-order valence-electron chi connectivity index (χ1n) is 8.72. The minimum Gasteiger partial charge on any atom is -0.483 e. The molecule has 1 aliphatic heterocycles. The number of benzene rings is 2. The van der Waals surface area contributed by atoms with Crippen LogP contribution in [-0.4, -0.2) is 37.0 Å². The molecule has 4 nitrogen and oxygen atoms in total. The number of amides is 1. The lowest BCUT2D eigenvalue weighted by Crippen LogP contribution is -2.34. The zero-order chi connectivity index (χ0) is 19.4. The van der Waals surface area contributed by atoms with Gasteiger partial charge < -0.3 is 15.4 Å². The highest BCUT2D eigenvalue weighted by Gasteiger charge is 2.36. The van der Waals surface area contributed by atoms with E-state index < -0.39 is 18.3 Å². The van der Waals surface area contributed by atoms with Gasteiger partial charge in [0.1, 0.15) is 5.75 Å². The van der Waals surface area contributed by atoms with Crippen LogP contribution in [0, 0.1) is 5.92 Å². The van der Waals surface area contributed by atoms with E-state index in [1.165, 1.54) is 18.2 Å². The summed E-state index contributed by atoms with van der Waals surface area (Å²) in [4.78, 5) is 14.1. The Morgan fingerprint density at radius 3 is 2.36 bits per heavy atom. The minimum atomic E-state index is -4.53. The van der Waals surface area contributed by atoms with Crippen LogP contribution in [0.25, 0.3) is 0 Å². The first kappa shape index (κ1) is 22.0. The second-order valence-electron chi connectivity index (χ2n) is 6.59. The van der Waals surface area contributed by atoms with Gasteiger partial charge in [-0.15, -0.1) is 12.4 Å². The lowest BCUT2D eigenvalue weighted by molar-refractivity contribution is -0.140. The van der Waals surface area contributed by atoms with Crippen LogP contribution >= 0.6 is 12.4 Å². The van der Waals surface area contributed by atoms with Crippen LogP contribution in [0.3, 0.4) is 0 Å². The number of rotatable bonds is 5. The number of carbonyl (C=O) groups is 1. The molecule has 2 N–H and O–H groups in total. The molecule has 2 aromatic rings. The number of likely N-dealkylation sites (tertiary alicyclic amines) is 1. The van der Waals surface area contributed by atoms with Crippen LogP contribution in [-0.2, 0) is 11.0 Å². The summed E-state index contributed by atoms with van der Waals surface area (Å²) in [6, 6.07) is 14.7. The van der Waals surface area contributed by atoms with Crippen molar-refractivity contribution in [1.82, 2.24) is 4.90 Å². The monoisotopic (exact) mass is 414 g/mol. The number of hydrogen-bond acceptors (Lipinski definition) is 3. The molecule has 152 valence electrons. The maximum atomic E-state index is 13.0. The molecule has 2 aromatic carbocycles. The molecule has 0 unspecified atom stereocenters. The van der Waals surface area contributed by atoms with E-state index in [4.69, 9.17) is 10.5 Å². The predicted octanol–water partition coefficient (Wildman–Crippen LogP) is 3.71. The van der Waals surface area contributed by atoms with Crippen molar-refractivity contribution in [3.05, 3.63) is 65.7 Å². The maximum absolute atomic E-state index is 13.0. The highest BCUT2D eigenvalue weighted by atomic mass is 35.5. The first-order chi connectivity index (χ1) is 12.9. The zero-order valence-corrected chi connectivity index (χ0v) is 15.9. The predicted molar refractivity (Wildman–Crippen MR) is 102 cm³/mol. The van der Waals surface area contributed by atoms with Gasteiger partial charge in [0.2, 0.25) is 0 Å². The molecule has 1 fully saturated rings. The summed E-state index contributed by atoms with van der Waals surface area (Å²) in [7, 11) is 0. The Labute approximate surface area is 167 Å². The SMILES string of the molecule is Cl.NC[C@@H]1CN(C(=O)COc2ccccc2C(F)(F)F)C[C@H]1c1ccccc1. The molecule has 1 amide bonds. The van der Waals surface area contributed by atoms with Crippen molar-refractivity contribution in [1.29, 1.82) is 0 Å². The molecule has 3 rings (SSSR count). The highest BCUT2D eigenvalue weighted by Crippen LogP contribution is 2.36. The summed E-state index contributed by atoms with van der Waals surface area (Å²) in [6.45, 7) is 0.946. The lowest BCUT2D eigenvalue weighted by Gasteiger charge is -2.18. The zero-order valence-electron chi connectivity index (χ0n) is 15.1. The summed E-state index contributed by atoms with van der Waals surface area (Å²) in [5.74, 6) is -0.460. The molecule has 8 heteroatoms. The number of carbonyl (C=O) groups excluding carboxylic acids is 1. The number of halogens is 4. The average molecular weight is 415 g/mol. The molecule has 1 heterocycles. The van der Waals surface area contributed by atoms with Crippen molar-refractivity contribution in [3.63, 3.8) is 0 Å². The van der Waals surface area contributed by atoms with Gasteiger partial charge in [-0.05, 0) is 30.2 Å². The Balaban J connectivity index is 0.00000280. The summed E-state index contributed by atoms with van der Waals surface area (Å²) in [5.41, 5.74) is 6.08. The van der Waals surface area contributed by atoms with Crippen molar-refractivity contribution in [3.8, 4) is 5.75 Å². The maximum Gasteiger partial charge on any atom is 0.419 e. The molecule has 28 heavy (non-hydrogen) atoms. The van der Waals surface area contributed by atoms with Crippen LogP contribution in [0.1, 0.15) is 17.0 Å². The van der Waals surface area contributed by atoms with Crippen LogP contribution in [0.4, 0.5) is 13.2 Å². The van der Waals surface area contributed by atoms with Crippen LogP contribution < -0.4 is 10.5 Å². The fraction of sp³-hybridized carbons (Fsp3) is 0.350. The largest absolute Gasteiger partial charge is 0.483 e. The number of ether oxygens (including phenoxy) is 1. The molecule has 1 saturated heterocycles. The van der Waals surface area contributed by atoms with Crippen LogP contribution in [0.5, 0.6) is 5.75 Å². The minimum absolute atomic E-state index is 0. The quantitative estimate of drug-likeness (QED) is 0.811. The van der Waals surface area contributed by atoms with Crippen molar-refractivity contribution >= 4 is 18.3 Å². The van der Waals surface area contributed by atoms with Crippen LogP contribution in [0.15, 0.2) is 54.6 Å². The fourth-order valence-corrected chi connectivity index (χ4v) is 3.45. The van der Waals surface area contributed by atoms with E-state index in [1.807, 2.05) is 30.3 Å². The summed E-state index contributed by atoms with van der Waals surface area (Å²) in [6.07, 6.45) is -4.53. The van der Waals surface area contributed by atoms with Gasteiger partial charge in [0.15, 0.2) is 6.61 Å². The third-order valence-electron chi connectivity index (χ3n) is 4.87. The molecular weight excluding hydrogens is 393 g/mol. The Morgan fingerprint density at radius 2 is 1.71 bits per heavy atom. The number of nitrogens with zero attached hydrogens (tertiary/aromatic N) is 1. The smallest absolute Gasteiger partial charge is 0.419 e. The number of alkyl halides is 3. The third kappa shape index (κ3) is 4.97. The van der Waals surface area contributed by atoms with Gasteiger partial charge in [0.05, 0.1) is 5.56 Å². The van der Waals surface area contributed by atoms with E-state index in [9.17, 15) is 18.0 Å². The highest BCUT2D eigenvalue weighted by molar-refractivity contribution is 5.85. The van der Waals surface area contributed by atoms with Crippen molar-refractivity contribution in [2.24, 2.45) is 11.7 Å². The number of nitrogens with two attached hydrogens (primary N) is 1. The number of para-hydroxylation sites is 1. The molecule has 0 spiro atoms. The van der Waals surface area contributed by atoms with E-state index in [-0.39, 0.29) is 35.9 Å². The molecule has 0 saturated carbocycles. The molecular formula is C20H22ClF3N2O2. The molecule has 0 radical (unpaired) electrons. The normalized spacial score (nSPS) is 19.2. The van der Waals surface area contributed by atoms with E-state index in [0.717, 1.165) is 11.6 Å². The van der Waals surface area contributed by atoms with Gasteiger partial charge in [0, 0.05) is 19.0 Å². The first-order valence-corrected chi connectivity index (χ1v) is 8.72. The summed E-state index contributed by atoms with van der Waals surface area (Å²) < 4.78 is 44.3. The van der Waals surface area contributed by atoms with Gasteiger partial charge in [-0.3, -0.25) is 4.79 Å². The number of hydrogen-bond donors (Lipinski definition) is 1. The molecule has 0 aromatic heterocycles. The van der Waals surface area contributed by atoms with E-state index in [2.05, 4.69) is 0 Å². The van der Waals surface area contributed by atoms with Gasteiger partial charge >= 0.3 is 6.18 Å². The molecule has 0 bridgehead atoms. The Bertz CT molecular complexity index is 787. The Kier molecular flexibility index (Phi) is 7.32. The summed E-state index contributed by atoms with van der Waals surface area (Å²) >= 11 is 0. The van der Waals surface area contributed by atoms with Gasteiger partial charge in [0.25, 0.3) is 5.91 Å². The van der Waals surface area contributed by atoms with E-state index in [0.29, 0.717) is 19.6 Å². The second kappa shape index (κ2) is 9.30. The topological polar surface area (TPSA) is 55.6 Å². The van der Waals surface area contributed by atoms with Crippen LogP contribution in [0.2, 0.25) is 0 Å². The van der Waals surface area contributed by atoms with Crippen molar-refractivity contribution in [2.75, 3.05) is 26.2 Å². The van der Waals surface area contributed by atoms with Gasteiger partial charge in [-0.1, -0.05) is 42.5 Å². The fourth-order valence-electron chi connectivity index (χ4n) is 3.45.